The zero-order valence-corrected chi connectivity index (χ0v) is 22.1. The molecule has 206 valence electrons. The number of amides is 1. The maximum atomic E-state index is 13.3. The predicted octanol–water partition coefficient (Wildman–Crippen LogP) is 4.17. The van der Waals surface area contributed by atoms with Gasteiger partial charge in [0.25, 0.3) is 5.56 Å². The number of hydrogen-bond acceptors (Lipinski definition) is 7. The number of likely N-dealkylation sites (tertiary alicyclic amines) is 1. The van der Waals surface area contributed by atoms with Crippen LogP contribution < -0.4 is 15.6 Å². The Morgan fingerprint density at radius 3 is 2.47 bits per heavy atom. The molecule has 3 aromatic rings. The largest absolute Gasteiger partial charge is 0.496 e. The Balaban J connectivity index is 1.66. The van der Waals surface area contributed by atoms with Crippen molar-refractivity contribution >= 4 is 23.2 Å². The van der Waals surface area contributed by atoms with Crippen LogP contribution in [0, 0.1) is 0 Å². The highest BCUT2D eigenvalue weighted by Crippen LogP contribution is 2.36. The number of aryl methyl sites for hydroxylation is 1. The van der Waals surface area contributed by atoms with Crippen LogP contribution in [0.4, 0.5) is 23.9 Å². The van der Waals surface area contributed by atoms with E-state index in [1.54, 1.807) is 16.5 Å². The van der Waals surface area contributed by atoms with E-state index in [0.29, 0.717) is 19.0 Å². The number of piperidine rings is 1. The molecule has 1 fully saturated rings. The molecule has 1 atom stereocenters. The number of hydrogen-bond donors (Lipinski definition) is 1. The monoisotopic (exact) mass is 536 g/mol. The summed E-state index contributed by atoms with van der Waals surface area (Å²) in [5, 5.41) is 3.30. The smallest absolute Gasteiger partial charge is 0.416 e. The van der Waals surface area contributed by atoms with E-state index in [1.165, 1.54) is 24.8 Å². The Bertz CT molecular complexity index is 1420. The van der Waals surface area contributed by atoms with Crippen LogP contribution >= 0.6 is 0 Å². The molecule has 13 heteroatoms. The molecule has 0 aliphatic carbocycles. The van der Waals surface area contributed by atoms with Gasteiger partial charge in [-0.05, 0) is 51.8 Å². The number of imidazole rings is 1. The van der Waals surface area contributed by atoms with E-state index in [2.05, 4.69) is 15.3 Å². The fourth-order valence-electron chi connectivity index (χ4n) is 4.42. The van der Waals surface area contributed by atoms with E-state index in [0.717, 1.165) is 25.0 Å². The molecule has 3 heterocycles. The van der Waals surface area contributed by atoms with E-state index in [9.17, 15) is 22.8 Å². The van der Waals surface area contributed by atoms with Gasteiger partial charge in [-0.15, -0.1) is 0 Å². The summed E-state index contributed by atoms with van der Waals surface area (Å²) in [6, 6.07) is 2.88. The summed E-state index contributed by atoms with van der Waals surface area (Å²) >= 11 is 0. The normalized spacial score (nSPS) is 16.6. The first-order valence-corrected chi connectivity index (χ1v) is 12.1. The molecule has 1 aliphatic rings. The Morgan fingerprint density at radius 2 is 1.84 bits per heavy atom. The van der Waals surface area contributed by atoms with Crippen molar-refractivity contribution in [2.75, 3.05) is 25.5 Å². The highest BCUT2D eigenvalue weighted by Gasteiger charge is 2.32. The highest BCUT2D eigenvalue weighted by molar-refractivity contribution is 5.78. The average Bonchev–Trinajstić information content (AvgIpc) is 3.14. The quantitative estimate of drug-likeness (QED) is 0.534. The molecule has 1 aliphatic heterocycles. The molecule has 0 saturated carbocycles. The number of benzene rings is 1. The van der Waals surface area contributed by atoms with Crippen LogP contribution in [0.1, 0.15) is 39.2 Å². The third kappa shape index (κ3) is 5.41. The molecule has 2 aromatic heterocycles. The number of nitrogens with one attached hydrogen (secondary N) is 1. The van der Waals surface area contributed by atoms with Crippen LogP contribution in [0.2, 0.25) is 0 Å². The number of methoxy groups -OCH3 is 1. The third-order valence-electron chi connectivity index (χ3n) is 6.29. The molecule has 38 heavy (non-hydrogen) atoms. The fraction of sp³-hybridized carbons (Fsp3) is 0.520. The number of carbonyl (C=O) groups is 1. The second kappa shape index (κ2) is 9.84. The molecular weight excluding hydrogens is 505 g/mol. The first-order chi connectivity index (χ1) is 17.7. The van der Waals surface area contributed by atoms with Crippen molar-refractivity contribution in [1.29, 1.82) is 0 Å². The van der Waals surface area contributed by atoms with Gasteiger partial charge in [0.2, 0.25) is 5.95 Å². The van der Waals surface area contributed by atoms with Gasteiger partial charge in [0.1, 0.15) is 17.2 Å². The first kappa shape index (κ1) is 27.3. The zero-order valence-electron chi connectivity index (χ0n) is 22.1. The Kier molecular flexibility index (Phi) is 7.06. The first-order valence-electron chi connectivity index (χ1n) is 12.1. The van der Waals surface area contributed by atoms with Crippen LogP contribution in [-0.4, -0.2) is 61.9 Å². The summed E-state index contributed by atoms with van der Waals surface area (Å²) in [5.41, 5.74) is -1.31. The van der Waals surface area contributed by atoms with Crippen molar-refractivity contribution in [3.05, 3.63) is 34.1 Å². The lowest BCUT2D eigenvalue weighted by atomic mass is 10.1. The Labute approximate surface area is 217 Å². The topological polar surface area (TPSA) is 104 Å². The summed E-state index contributed by atoms with van der Waals surface area (Å²) in [5.74, 6) is 0.434. The standard InChI is InChI=1S/C25H31F3N6O4/c1-24(2,3)38-23(36)34-11-7-8-15(13-34)29-22-31-19-18(32(22)4)21(35)33(5)20(30-19)16-10-9-14(25(26,27)28)12-17(16)37-6/h9-10,12,15H,7-8,11,13H2,1-6H3,(H,29,31). The van der Waals surface area contributed by atoms with Gasteiger partial charge in [0, 0.05) is 33.2 Å². The minimum atomic E-state index is -4.55. The lowest BCUT2D eigenvalue weighted by Gasteiger charge is -2.34. The molecule has 0 bridgehead atoms. The lowest BCUT2D eigenvalue weighted by molar-refractivity contribution is -0.137. The van der Waals surface area contributed by atoms with E-state index < -0.39 is 22.9 Å². The maximum Gasteiger partial charge on any atom is 0.416 e. The van der Waals surface area contributed by atoms with Crippen molar-refractivity contribution < 1.29 is 27.4 Å². The van der Waals surface area contributed by atoms with Gasteiger partial charge in [-0.3, -0.25) is 9.36 Å². The summed E-state index contributed by atoms with van der Waals surface area (Å²) in [6.07, 6.45) is -3.39. The number of alkyl halides is 3. The molecule has 1 aromatic carbocycles. The molecule has 0 radical (unpaired) electrons. The maximum absolute atomic E-state index is 13.3. The summed E-state index contributed by atoms with van der Waals surface area (Å²) < 4.78 is 53.1. The number of fused-ring (bicyclic) bond motifs is 1. The van der Waals surface area contributed by atoms with E-state index in [1.807, 2.05) is 20.8 Å². The van der Waals surface area contributed by atoms with Crippen molar-refractivity contribution in [2.24, 2.45) is 14.1 Å². The number of nitrogens with zero attached hydrogens (tertiary/aromatic N) is 5. The van der Waals surface area contributed by atoms with E-state index >= 15 is 0 Å². The lowest BCUT2D eigenvalue weighted by Crippen LogP contribution is -2.47. The van der Waals surface area contributed by atoms with Gasteiger partial charge in [0.05, 0.1) is 18.2 Å². The van der Waals surface area contributed by atoms with Gasteiger partial charge in [-0.2, -0.15) is 18.2 Å². The predicted molar refractivity (Wildman–Crippen MR) is 135 cm³/mol. The second-order valence-electron chi connectivity index (χ2n) is 10.3. The summed E-state index contributed by atoms with van der Waals surface area (Å²) in [4.78, 5) is 36.5. The van der Waals surface area contributed by atoms with Gasteiger partial charge in [0.15, 0.2) is 11.2 Å². The van der Waals surface area contributed by atoms with Crippen LogP contribution in [0.3, 0.4) is 0 Å². The number of halogens is 3. The van der Waals surface area contributed by atoms with Crippen molar-refractivity contribution in [3.63, 3.8) is 0 Å². The van der Waals surface area contributed by atoms with E-state index in [4.69, 9.17) is 9.47 Å². The molecule has 0 spiro atoms. The minimum Gasteiger partial charge on any atom is -0.496 e. The van der Waals surface area contributed by atoms with E-state index in [-0.39, 0.29) is 40.4 Å². The van der Waals surface area contributed by atoms with Crippen LogP contribution in [0.15, 0.2) is 23.0 Å². The number of ether oxygens (including phenoxy) is 2. The summed E-state index contributed by atoms with van der Waals surface area (Å²) in [6.45, 7) is 6.41. The van der Waals surface area contributed by atoms with Crippen molar-refractivity contribution in [2.45, 2.75) is 51.4 Å². The van der Waals surface area contributed by atoms with Gasteiger partial charge >= 0.3 is 12.3 Å². The SMILES string of the molecule is COc1cc(C(F)(F)F)ccc1-c1nc2nc(NC3CCCN(C(=O)OC(C)(C)C)C3)n(C)c2c(=O)n1C. The van der Waals surface area contributed by atoms with Crippen molar-refractivity contribution in [1.82, 2.24) is 24.0 Å². The number of carbonyl (C=O) groups excluding carboxylic acids is 1. The van der Waals surface area contributed by atoms with Crippen LogP contribution in [0.25, 0.3) is 22.6 Å². The molecule has 10 nitrogen and oxygen atoms in total. The number of anilines is 1. The molecule has 1 unspecified atom stereocenters. The zero-order chi connectivity index (χ0) is 28.0. The number of aromatic nitrogens is 4. The molecule has 1 N–H and O–H groups in total. The van der Waals surface area contributed by atoms with Crippen LogP contribution in [-0.2, 0) is 25.0 Å². The third-order valence-corrected chi connectivity index (χ3v) is 6.29. The molecule has 4 rings (SSSR count). The average molecular weight is 537 g/mol. The molecular formula is C25H31F3N6O4. The minimum absolute atomic E-state index is 0.0691. The van der Waals surface area contributed by atoms with Gasteiger partial charge < -0.3 is 24.3 Å². The Morgan fingerprint density at radius 1 is 1.13 bits per heavy atom. The number of rotatable bonds is 4. The second-order valence-corrected chi connectivity index (χ2v) is 10.3. The Hall–Kier alpha value is -3.77. The molecule has 1 saturated heterocycles. The summed E-state index contributed by atoms with van der Waals surface area (Å²) in [7, 11) is 4.41. The van der Waals surface area contributed by atoms with Gasteiger partial charge in [-0.25, -0.2) is 9.78 Å². The molecule has 1 amide bonds. The fourth-order valence-corrected chi connectivity index (χ4v) is 4.42. The van der Waals surface area contributed by atoms with Crippen molar-refractivity contribution in [3.8, 4) is 17.1 Å². The highest BCUT2D eigenvalue weighted by atomic mass is 19.4. The van der Waals surface area contributed by atoms with Gasteiger partial charge in [-0.1, -0.05) is 0 Å². The van der Waals surface area contributed by atoms with Crippen LogP contribution in [0.5, 0.6) is 5.75 Å².